The van der Waals surface area contributed by atoms with Crippen LogP contribution in [0.3, 0.4) is 0 Å². The molecule has 0 aliphatic carbocycles. The Morgan fingerprint density at radius 2 is 1.85 bits per heavy atom. The van der Waals surface area contributed by atoms with Crippen LogP contribution in [-0.4, -0.2) is 21.0 Å². The quantitative estimate of drug-likeness (QED) is 0.505. The molecule has 0 bridgehead atoms. The van der Waals surface area contributed by atoms with Gasteiger partial charge in [-0.05, 0) is 36.4 Å². The van der Waals surface area contributed by atoms with E-state index in [4.69, 9.17) is 0 Å². The number of aromatic nitrogens is 2. The molecular formula is C21H16FN3OS. The van der Waals surface area contributed by atoms with Gasteiger partial charge in [0, 0.05) is 16.7 Å². The van der Waals surface area contributed by atoms with E-state index in [9.17, 15) is 9.18 Å². The monoisotopic (exact) mass is 377 g/mol. The largest absolute Gasteiger partial charge is 0.309 e. The maximum atomic E-state index is 13.7. The minimum atomic E-state index is -0.346. The molecule has 27 heavy (non-hydrogen) atoms. The number of anilines is 1. The van der Waals surface area contributed by atoms with Crippen molar-refractivity contribution in [1.29, 1.82) is 0 Å². The molecule has 4 aromatic rings. The number of hydrogen-bond donors (Lipinski definition) is 1. The van der Waals surface area contributed by atoms with E-state index < -0.39 is 0 Å². The van der Waals surface area contributed by atoms with Crippen LogP contribution in [0.1, 0.15) is 0 Å². The van der Waals surface area contributed by atoms with Crippen LogP contribution in [0.4, 0.5) is 10.2 Å². The fourth-order valence-corrected chi connectivity index (χ4v) is 3.51. The van der Waals surface area contributed by atoms with E-state index in [0.717, 1.165) is 4.90 Å². The number of pyridine rings is 1. The van der Waals surface area contributed by atoms with Gasteiger partial charge in [-0.15, -0.1) is 11.8 Å². The van der Waals surface area contributed by atoms with E-state index in [0.29, 0.717) is 22.7 Å². The van der Waals surface area contributed by atoms with Crippen molar-refractivity contribution in [3.05, 3.63) is 84.8 Å². The number of nitrogens with zero attached hydrogens (tertiary/aromatic N) is 2. The van der Waals surface area contributed by atoms with Crippen LogP contribution in [0.5, 0.6) is 0 Å². The number of benzene rings is 2. The number of halogens is 1. The number of hydrogen-bond acceptors (Lipinski definition) is 3. The Hall–Kier alpha value is -3.12. The molecule has 6 heteroatoms. The van der Waals surface area contributed by atoms with E-state index in [1.165, 1.54) is 23.9 Å². The van der Waals surface area contributed by atoms with Gasteiger partial charge in [0.1, 0.15) is 23.0 Å². The summed E-state index contributed by atoms with van der Waals surface area (Å²) in [6.07, 6.45) is 1.82. The van der Waals surface area contributed by atoms with Gasteiger partial charge in [-0.3, -0.25) is 9.20 Å². The van der Waals surface area contributed by atoms with Gasteiger partial charge in [-0.2, -0.15) is 0 Å². The van der Waals surface area contributed by atoms with Gasteiger partial charge >= 0.3 is 0 Å². The third-order valence-corrected chi connectivity index (χ3v) is 5.01. The zero-order valence-corrected chi connectivity index (χ0v) is 15.1. The number of amides is 1. The Morgan fingerprint density at radius 1 is 1.04 bits per heavy atom. The van der Waals surface area contributed by atoms with E-state index in [-0.39, 0.29) is 17.5 Å². The maximum absolute atomic E-state index is 13.7. The lowest BCUT2D eigenvalue weighted by Gasteiger charge is -2.08. The Morgan fingerprint density at radius 3 is 2.67 bits per heavy atom. The molecule has 2 heterocycles. The Bertz CT molecular complexity index is 1090. The van der Waals surface area contributed by atoms with Crippen LogP contribution < -0.4 is 5.32 Å². The standard InChI is InChI=1S/C21H16FN3OS/c22-16-8-6-7-15(13-16)20-21(25-12-5-4-11-18(25)23-20)24-19(26)14-27-17-9-2-1-3-10-17/h1-13H,14H2,(H,24,26). The van der Waals surface area contributed by atoms with Gasteiger partial charge in [-0.1, -0.05) is 36.4 Å². The summed E-state index contributed by atoms with van der Waals surface area (Å²) < 4.78 is 15.5. The minimum Gasteiger partial charge on any atom is -0.309 e. The Kier molecular flexibility index (Phi) is 4.89. The first-order chi connectivity index (χ1) is 13.2. The molecule has 0 saturated heterocycles. The topological polar surface area (TPSA) is 46.4 Å². The van der Waals surface area contributed by atoms with Crippen molar-refractivity contribution in [2.75, 3.05) is 11.1 Å². The van der Waals surface area contributed by atoms with Gasteiger partial charge in [0.25, 0.3) is 0 Å². The number of carbonyl (C=O) groups excluding carboxylic acids is 1. The van der Waals surface area contributed by atoms with E-state index in [1.54, 1.807) is 16.5 Å². The number of rotatable bonds is 5. The summed E-state index contributed by atoms with van der Waals surface area (Å²) in [5.41, 5.74) is 1.84. The highest BCUT2D eigenvalue weighted by Gasteiger charge is 2.16. The molecule has 0 atom stereocenters. The second-order valence-corrected chi connectivity index (χ2v) is 6.95. The van der Waals surface area contributed by atoms with Crippen molar-refractivity contribution < 1.29 is 9.18 Å². The van der Waals surface area contributed by atoms with Crippen molar-refractivity contribution in [2.24, 2.45) is 0 Å². The minimum absolute atomic E-state index is 0.146. The molecule has 1 amide bonds. The molecule has 134 valence electrons. The number of carbonyl (C=O) groups is 1. The normalized spacial score (nSPS) is 10.9. The van der Waals surface area contributed by atoms with Gasteiger partial charge < -0.3 is 5.32 Å². The molecule has 0 aliphatic heterocycles. The molecule has 0 radical (unpaired) electrons. The van der Waals surface area contributed by atoms with Crippen LogP contribution in [-0.2, 0) is 4.79 Å². The summed E-state index contributed by atoms with van der Waals surface area (Å²) in [5.74, 6) is 0.315. The fourth-order valence-electron chi connectivity index (χ4n) is 2.79. The van der Waals surface area contributed by atoms with Gasteiger partial charge in [0.05, 0.1) is 5.75 Å². The number of fused-ring (bicyclic) bond motifs is 1. The zero-order valence-electron chi connectivity index (χ0n) is 14.3. The predicted octanol–water partition coefficient (Wildman–Crippen LogP) is 4.87. The first kappa shape index (κ1) is 17.3. The molecular weight excluding hydrogens is 361 g/mol. The zero-order chi connectivity index (χ0) is 18.6. The molecule has 0 spiro atoms. The lowest BCUT2D eigenvalue weighted by molar-refractivity contribution is -0.113. The SMILES string of the molecule is O=C(CSc1ccccc1)Nc1c(-c2cccc(F)c2)nc2ccccn12. The van der Waals surface area contributed by atoms with E-state index >= 15 is 0 Å². The first-order valence-corrected chi connectivity index (χ1v) is 9.40. The van der Waals surface area contributed by atoms with Crippen LogP contribution in [0.2, 0.25) is 0 Å². The molecule has 2 aromatic carbocycles. The second kappa shape index (κ2) is 7.63. The van der Waals surface area contributed by atoms with E-state index in [1.807, 2.05) is 54.7 Å². The van der Waals surface area contributed by atoms with Gasteiger partial charge in [-0.25, -0.2) is 9.37 Å². The first-order valence-electron chi connectivity index (χ1n) is 8.41. The molecule has 4 nitrogen and oxygen atoms in total. The average molecular weight is 377 g/mol. The summed E-state index contributed by atoms with van der Waals surface area (Å²) in [6, 6.07) is 21.5. The smallest absolute Gasteiger partial charge is 0.235 e. The van der Waals surface area contributed by atoms with Crippen molar-refractivity contribution in [3.8, 4) is 11.3 Å². The summed E-state index contributed by atoms with van der Waals surface area (Å²) in [4.78, 5) is 18.1. The maximum Gasteiger partial charge on any atom is 0.235 e. The van der Waals surface area contributed by atoms with Crippen LogP contribution in [0.25, 0.3) is 16.9 Å². The van der Waals surface area contributed by atoms with Crippen LogP contribution in [0, 0.1) is 5.82 Å². The van der Waals surface area contributed by atoms with Crippen molar-refractivity contribution in [2.45, 2.75) is 4.90 Å². The number of nitrogens with one attached hydrogen (secondary N) is 1. The summed E-state index contributed by atoms with van der Waals surface area (Å²) in [5, 5.41) is 2.94. The summed E-state index contributed by atoms with van der Waals surface area (Å²) in [7, 11) is 0. The molecule has 2 aromatic heterocycles. The second-order valence-electron chi connectivity index (χ2n) is 5.90. The molecule has 0 fully saturated rings. The van der Waals surface area contributed by atoms with Crippen LogP contribution >= 0.6 is 11.8 Å². The molecule has 0 unspecified atom stereocenters. The molecule has 4 rings (SSSR count). The van der Waals surface area contributed by atoms with Crippen LogP contribution in [0.15, 0.2) is 83.9 Å². The third-order valence-electron chi connectivity index (χ3n) is 4.00. The highest BCUT2D eigenvalue weighted by Crippen LogP contribution is 2.29. The van der Waals surface area contributed by atoms with Gasteiger partial charge in [0.2, 0.25) is 5.91 Å². The molecule has 0 saturated carbocycles. The summed E-state index contributed by atoms with van der Waals surface area (Å²) >= 11 is 1.46. The summed E-state index contributed by atoms with van der Waals surface area (Å²) in [6.45, 7) is 0. The third kappa shape index (κ3) is 3.85. The fraction of sp³-hybridized carbons (Fsp3) is 0.0476. The van der Waals surface area contributed by atoms with E-state index in [2.05, 4.69) is 10.3 Å². The molecule has 1 N–H and O–H groups in total. The highest BCUT2D eigenvalue weighted by atomic mass is 32.2. The Balaban J connectivity index is 1.63. The number of thioether (sulfide) groups is 1. The lowest BCUT2D eigenvalue weighted by atomic mass is 10.1. The highest BCUT2D eigenvalue weighted by molar-refractivity contribution is 8.00. The predicted molar refractivity (Wildman–Crippen MR) is 106 cm³/mol. The molecule has 0 aliphatic rings. The average Bonchev–Trinajstić information content (AvgIpc) is 3.06. The number of imidazole rings is 1. The lowest BCUT2D eigenvalue weighted by Crippen LogP contribution is -2.16. The van der Waals surface area contributed by atoms with Crippen molar-refractivity contribution in [3.63, 3.8) is 0 Å². The van der Waals surface area contributed by atoms with Gasteiger partial charge in [0.15, 0.2) is 0 Å². The van der Waals surface area contributed by atoms with Crippen molar-refractivity contribution in [1.82, 2.24) is 9.38 Å². The Labute approximate surface area is 160 Å². The van der Waals surface area contributed by atoms with Crippen molar-refractivity contribution >= 4 is 29.1 Å².